The second-order valence-corrected chi connectivity index (χ2v) is 8.34. The summed E-state index contributed by atoms with van der Waals surface area (Å²) in [6, 6.07) is 13.2. The molecule has 29 heavy (non-hydrogen) atoms. The van der Waals surface area contributed by atoms with Crippen molar-refractivity contribution in [3.8, 4) is 17.1 Å². The fraction of sp³-hybridized carbons (Fsp3) is 0.200. The number of nitrogens with zero attached hydrogens (tertiary/aromatic N) is 4. The summed E-state index contributed by atoms with van der Waals surface area (Å²) in [5.41, 5.74) is 2.58. The highest BCUT2D eigenvalue weighted by Gasteiger charge is 2.34. The molecule has 0 radical (unpaired) electrons. The van der Waals surface area contributed by atoms with Crippen LogP contribution in [0.25, 0.3) is 11.3 Å². The Hall–Kier alpha value is -2.29. The van der Waals surface area contributed by atoms with Crippen LogP contribution in [0.4, 0.5) is 5.69 Å². The summed E-state index contributed by atoms with van der Waals surface area (Å²) in [7, 11) is 0. The zero-order valence-electron chi connectivity index (χ0n) is 15.9. The zero-order chi connectivity index (χ0) is 20.5. The van der Waals surface area contributed by atoms with Crippen LogP contribution in [0.2, 0.25) is 5.02 Å². The number of carbonyl (C=O) groups excluding carboxylic acids is 1. The lowest BCUT2D eigenvalue weighted by atomic mass is 10.1. The average Bonchev–Trinajstić information content (AvgIpc) is 2.87. The third-order valence-electron chi connectivity index (χ3n) is 4.49. The maximum Gasteiger partial charge on any atom is 0.247 e. The Labute approximate surface area is 182 Å². The van der Waals surface area contributed by atoms with Gasteiger partial charge in [-0.2, -0.15) is 4.98 Å². The molecule has 4 rings (SSSR count). The number of hydrogen-bond acceptors (Lipinski definition) is 7. The predicted octanol–water partition coefficient (Wildman–Crippen LogP) is 5.08. The number of carbonyl (C=O) groups is 1. The van der Waals surface area contributed by atoms with Gasteiger partial charge in [0.2, 0.25) is 23.2 Å². The van der Waals surface area contributed by atoms with Gasteiger partial charge < -0.3 is 4.74 Å². The number of benzene rings is 2. The molecule has 1 aliphatic rings. The number of hydrogen-bond donors (Lipinski definition) is 0. The van der Waals surface area contributed by atoms with Crippen LogP contribution in [0, 0.1) is 0 Å². The van der Waals surface area contributed by atoms with E-state index in [2.05, 4.69) is 15.2 Å². The summed E-state index contributed by atoms with van der Waals surface area (Å²) in [5.74, 6) is 0.147. The van der Waals surface area contributed by atoms with Gasteiger partial charge in [-0.05, 0) is 42.8 Å². The Morgan fingerprint density at radius 3 is 2.52 bits per heavy atom. The monoisotopic (exact) mass is 444 g/mol. The van der Waals surface area contributed by atoms with Crippen LogP contribution < -0.4 is 9.64 Å². The lowest BCUT2D eigenvalue weighted by Crippen LogP contribution is -2.36. The van der Waals surface area contributed by atoms with Gasteiger partial charge >= 0.3 is 0 Å². The first-order valence-electron chi connectivity index (χ1n) is 8.71. The molecule has 148 valence electrons. The molecule has 0 bridgehead atoms. The highest BCUT2D eigenvalue weighted by molar-refractivity contribution is 7.98. The van der Waals surface area contributed by atoms with Gasteiger partial charge in [0, 0.05) is 28.0 Å². The lowest BCUT2D eigenvalue weighted by Gasteiger charge is -2.30. The number of anilines is 1. The molecule has 1 unspecified atom stereocenters. The van der Waals surface area contributed by atoms with E-state index in [1.54, 1.807) is 34.9 Å². The van der Waals surface area contributed by atoms with Crippen molar-refractivity contribution in [3.63, 3.8) is 0 Å². The van der Waals surface area contributed by atoms with E-state index in [4.69, 9.17) is 16.3 Å². The van der Waals surface area contributed by atoms with Gasteiger partial charge in [0.05, 0.1) is 5.69 Å². The van der Waals surface area contributed by atoms with Gasteiger partial charge in [-0.15, -0.1) is 22.0 Å². The largest absolute Gasteiger partial charge is 0.447 e. The molecule has 0 N–H and O–H groups in total. The molecule has 2 heterocycles. The second kappa shape index (κ2) is 8.22. The van der Waals surface area contributed by atoms with Crippen molar-refractivity contribution < 1.29 is 9.53 Å². The summed E-state index contributed by atoms with van der Waals surface area (Å²) in [6.07, 6.45) is 3.18. The minimum Gasteiger partial charge on any atom is -0.447 e. The molecule has 0 fully saturated rings. The van der Waals surface area contributed by atoms with Gasteiger partial charge in [-0.1, -0.05) is 35.5 Å². The van der Waals surface area contributed by atoms with E-state index in [-0.39, 0.29) is 5.91 Å². The summed E-state index contributed by atoms with van der Waals surface area (Å²) < 4.78 is 6.28. The fourth-order valence-corrected chi connectivity index (χ4v) is 4.03. The van der Waals surface area contributed by atoms with Crippen molar-refractivity contribution in [2.75, 3.05) is 17.4 Å². The van der Waals surface area contributed by atoms with E-state index in [9.17, 15) is 4.79 Å². The van der Waals surface area contributed by atoms with E-state index in [1.165, 1.54) is 18.7 Å². The molecule has 1 aliphatic heterocycles. The number of ether oxygens (including phenoxy) is 1. The van der Waals surface area contributed by atoms with E-state index in [1.807, 2.05) is 36.8 Å². The molecule has 2 aromatic carbocycles. The van der Waals surface area contributed by atoms with E-state index >= 15 is 0 Å². The fourth-order valence-electron chi connectivity index (χ4n) is 3.15. The molecule has 0 aliphatic carbocycles. The minimum absolute atomic E-state index is 0.168. The Balaban J connectivity index is 1.95. The second-order valence-electron chi connectivity index (χ2n) is 6.25. The van der Waals surface area contributed by atoms with Gasteiger partial charge in [0.25, 0.3) is 0 Å². The van der Waals surface area contributed by atoms with Crippen molar-refractivity contribution in [1.82, 2.24) is 15.2 Å². The van der Waals surface area contributed by atoms with Crippen LogP contribution in [0.15, 0.2) is 52.5 Å². The Kier molecular flexibility index (Phi) is 5.67. The molecule has 0 saturated heterocycles. The molecule has 9 heteroatoms. The summed E-state index contributed by atoms with van der Waals surface area (Å²) in [4.78, 5) is 20.0. The SMILES string of the molecule is CSc1ccc(C2Oc3nc(SC)nnc3-c3cc(Cl)ccc3N2C(C)=O)cc1. The van der Waals surface area contributed by atoms with Crippen molar-refractivity contribution >= 4 is 46.7 Å². The van der Waals surface area contributed by atoms with Crippen LogP contribution in [0.5, 0.6) is 5.88 Å². The van der Waals surface area contributed by atoms with Crippen LogP contribution in [-0.2, 0) is 4.79 Å². The van der Waals surface area contributed by atoms with Gasteiger partial charge in [-0.3, -0.25) is 9.69 Å². The maximum atomic E-state index is 12.7. The van der Waals surface area contributed by atoms with E-state index < -0.39 is 6.23 Å². The van der Waals surface area contributed by atoms with E-state index in [0.717, 1.165) is 10.5 Å². The highest BCUT2D eigenvalue weighted by atomic mass is 35.5. The first-order chi connectivity index (χ1) is 14.0. The third kappa shape index (κ3) is 3.80. The smallest absolute Gasteiger partial charge is 0.247 e. The molecular formula is C20H17ClN4O2S2. The summed E-state index contributed by atoms with van der Waals surface area (Å²) >= 11 is 9.27. The quantitative estimate of drug-likeness (QED) is 0.521. The molecule has 1 atom stereocenters. The van der Waals surface area contributed by atoms with Crippen LogP contribution in [-0.4, -0.2) is 33.6 Å². The highest BCUT2D eigenvalue weighted by Crippen LogP contribution is 2.44. The molecule has 0 saturated carbocycles. The predicted molar refractivity (Wildman–Crippen MR) is 117 cm³/mol. The summed E-state index contributed by atoms with van der Waals surface area (Å²) in [5, 5.41) is 9.48. The molecule has 6 nitrogen and oxygen atoms in total. The molecule has 1 amide bonds. The number of fused-ring (bicyclic) bond motifs is 3. The maximum absolute atomic E-state index is 12.7. The van der Waals surface area contributed by atoms with Gasteiger partial charge in [-0.25, -0.2) is 0 Å². The zero-order valence-corrected chi connectivity index (χ0v) is 18.3. The molecular weight excluding hydrogens is 428 g/mol. The number of amides is 1. The van der Waals surface area contributed by atoms with Crippen molar-refractivity contribution in [2.24, 2.45) is 0 Å². The average molecular weight is 445 g/mol. The Bertz CT molecular complexity index is 1080. The molecule has 1 aromatic heterocycles. The van der Waals surface area contributed by atoms with Gasteiger partial charge in [0.1, 0.15) is 0 Å². The van der Waals surface area contributed by atoms with Gasteiger partial charge in [0.15, 0.2) is 5.69 Å². The first-order valence-corrected chi connectivity index (χ1v) is 11.5. The van der Waals surface area contributed by atoms with Crippen molar-refractivity contribution in [1.29, 1.82) is 0 Å². The number of halogens is 1. The third-order valence-corrected chi connectivity index (χ3v) is 6.01. The number of rotatable bonds is 3. The number of aromatic nitrogens is 3. The standard InChI is InChI=1S/C20H17ClN4O2S2/c1-11(26)25-16-9-6-13(21)10-15(16)17-18(22-20(29-3)24-23-17)27-19(25)12-4-7-14(28-2)8-5-12/h4-10,19H,1-3H3. The van der Waals surface area contributed by atoms with Crippen molar-refractivity contribution in [2.45, 2.75) is 23.2 Å². The van der Waals surface area contributed by atoms with Crippen LogP contribution >= 0.6 is 35.1 Å². The molecule has 0 spiro atoms. The minimum atomic E-state index is -0.698. The Morgan fingerprint density at radius 1 is 1.10 bits per heavy atom. The van der Waals surface area contributed by atoms with Crippen LogP contribution in [0.1, 0.15) is 18.7 Å². The first kappa shape index (κ1) is 20.0. The Morgan fingerprint density at radius 2 is 1.86 bits per heavy atom. The van der Waals surface area contributed by atoms with Crippen molar-refractivity contribution in [3.05, 3.63) is 53.1 Å². The lowest BCUT2D eigenvalue weighted by molar-refractivity contribution is -0.118. The van der Waals surface area contributed by atoms with Crippen LogP contribution in [0.3, 0.4) is 0 Å². The normalized spacial score (nSPS) is 15.2. The molecule has 3 aromatic rings. The number of thioether (sulfide) groups is 2. The van der Waals surface area contributed by atoms with E-state index in [0.29, 0.717) is 33.0 Å². The summed E-state index contributed by atoms with van der Waals surface area (Å²) in [6.45, 7) is 1.51. The topological polar surface area (TPSA) is 68.2 Å².